The normalized spacial score (nSPS) is 11.9. The lowest BCUT2D eigenvalue weighted by Crippen LogP contribution is -2.32. The highest BCUT2D eigenvalue weighted by Gasteiger charge is 2.24. The van der Waals surface area contributed by atoms with Gasteiger partial charge in [-0.3, -0.25) is 8.99 Å². The number of aryl methyl sites for hydroxylation is 1. The smallest absolute Gasteiger partial charge is 0.314 e. The number of anilines is 1. The van der Waals surface area contributed by atoms with Crippen molar-refractivity contribution in [1.82, 2.24) is 20.0 Å². The van der Waals surface area contributed by atoms with Crippen molar-refractivity contribution in [3.8, 4) is 11.6 Å². The molecule has 2 heterocycles. The molecule has 3 aromatic rings. The van der Waals surface area contributed by atoms with Gasteiger partial charge in [0.2, 0.25) is 10.0 Å². The molecule has 1 aromatic carbocycles. The Morgan fingerprint density at radius 3 is 2.64 bits per heavy atom. The highest BCUT2D eigenvalue weighted by Crippen LogP contribution is 2.27. The summed E-state index contributed by atoms with van der Waals surface area (Å²) in [5, 5.41) is 11.4. The van der Waals surface area contributed by atoms with Crippen molar-refractivity contribution in [3.63, 3.8) is 0 Å². The first-order valence-electron chi connectivity index (χ1n) is 8.12. The molecule has 0 amide bonds. The quantitative estimate of drug-likeness (QED) is 0.569. The van der Waals surface area contributed by atoms with Crippen LogP contribution in [0.5, 0.6) is 0 Å². The SMILES string of the molecule is CCS(=O)(=O)N(Cc1cc(-c2nnc(C(F)F)o2)nn1C)c1cccc(Cl)c1. The molecule has 0 spiro atoms. The maximum Gasteiger partial charge on any atom is 0.314 e. The monoisotopic (exact) mass is 431 g/mol. The standard InChI is InChI=1S/C16H16ClF2N5O3S/c1-3-28(25,26)24(11-6-4-5-10(17)7-11)9-12-8-13(22-23(12)2)15-20-21-16(27-15)14(18)19/h4-8,14H,3,9H2,1-2H3. The van der Waals surface area contributed by atoms with Crippen LogP contribution < -0.4 is 4.31 Å². The Kier molecular flexibility index (Phi) is 5.66. The minimum absolute atomic E-state index is 0.0458. The number of hydrogen-bond donors (Lipinski definition) is 0. The van der Waals surface area contributed by atoms with Crippen molar-refractivity contribution in [1.29, 1.82) is 0 Å². The molecular formula is C16H16ClF2N5O3S. The summed E-state index contributed by atoms with van der Waals surface area (Å²) >= 11 is 6.00. The fraction of sp³-hybridized carbons (Fsp3) is 0.312. The Morgan fingerprint density at radius 2 is 2.04 bits per heavy atom. The fourth-order valence-electron chi connectivity index (χ4n) is 2.47. The molecule has 0 unspecified atom stereocenters. The van der Waals surface area contributed by atoms with Crippen LogP contribution in [0.25, 0.3) is 11.6 Å². The van der Waals surface area contributed by atoms with Crippen molar-refractivity contribution in [3.05, 3.63) is 46.9 Å². The Bertz CT molecular complexity index is 1080. The summed E-state index contributed by atoms with van der Waals surface area (Å²) in [7, 11) is -2.03. The molecular weight excluding hydrogens is 416 g/mol. The molecule has 2 aromatic heterocycles. The molecule has 0 atom stereocenters. The summed E-state index contributed by atoms with van der Waals surface area (Å²) in [5.41, 5.74) is 1.05. The van der Waals surface area contributed by atoms with Gasteiger partial charge in [-0.25, -0.2) is 8.42 Å². The average Bonchev–Trinajstić information content (AvgIpc) is 3.26. The molecule has 0 radical (unpaired) electrons. The molecule has 3 rings (SSSR count). The average molecular weight is 432 g/mol. The van der Waals surface area contributed by atoms with Gasteiger partial charge in [0.05, 0.1) is 23.7 Å². The first-order valence-corrected chi connectivity index (χ1v) is 10.1. The van der Waals surface area contributed by atoms with Gasteiger partial charge in [-0.2, -0.15) is 13.9 Å². The van der Waals surface area contributed by atoms with Crippen molar-refractivity contribution in [2.24, 2.45) is 7.05 Å². The van der Waals surface area contributed by atoms with Gasteiger partial charge >= 0.3 is 6.43 Å². The summed E-state index contributed by atoms with van der Waals surface area (Å²) < 4.78 is 58.0. The van der Waals surface area contributed by atoms with Crippen LogP contribution in [-0.2, 0) is 23.6 Å². The van der Waals surface area contributed by atoms with Crippen LogP contribution >= 0.6 is 11.6 Å². The van der Waals surface area contributed by atoms with E-state index in [2.05, 4.69) is 15.3 Å². The number of halogens is 3. The summed E-state index contributed by atoms with van der Waals surface area (Å²) in [4.78, 5) is 0. The highest BCUT2D eigenvalue weighted by molar-refractivity contribution is 7.92. The van der Waals surface area contributed by atoms with Crippen molar-refractivity contribution >= 4 is 27.3 Å². The van der Waals surface area contributed by atoms with Gasteiger partial charge in [0.1, 0.15) is 5.69 Å². The van der Waals surface area contributed by atoms with Crippen LogP contribution in [0, 0.1) is 0 Å². The summed E-state index contributed by atoms with van der Waals surface area (Å²) in [6.07, 6.45) is -2.89. The Balaban J connectivity index is 1.96. The molecule has 0 bridgehead atoms. The Hall–Kier alpha value is -2.53. The van der Waals surface area contributed by atoms with Gasteiger partial charge in [0.15, 0.2) is 0 Å². The second-order valence-corrected chi connectivity index (χ2v) is 8.40. The number of nitrogens with zero attached hydrogens (tertiary/aromatic N) is 5. The number of alkyl halides is 2. The Morgan fingerprint density at radius 1 is 1.29 bits per heavy atom. The van der Waals surface area contributed by atoms with Crippen molar-refractivity contribution in [2.75, 3.05) is 10.1 Å². The van der Waals surface area contributed by atoms with E-state index in [0.717, 1.165) is 0 Å². The summed E-state index contributed by atoms with van der Waals surface area (Å²) in [5.74, 6) is -1.10. The third-order valence-electron chi connectivity index (χ3n) is 3.93. The second-order valence-electron chi connectivity index (χ2n) is 5.78. The van der Waals surface area contributed by atoms with Crippen LogP contribution in [-0.4, -0.2) is 34.1 Å². The number of hydrogen-bond acceptors (Lipinski definition) is 6. The van der Waals surface area contributed by atoms with E-state index in [-0.39, 0.29) is 23.9 Å². The molecule has 0 saturated heterocycles. The predicted molar refractivity (Wildman–Crippen MR) is 98.6 cm³/mol. The highest BCUT2D eigenvalue weighted by atomic mass is 35.5. The predicted octanol–water partition coefficient (Wildman–Crippen LogP) is 3.42. The van der Waals surface area contributed by atoms with Gasteiger partial charge in [0.25, 0.3) is 11.8 Å². The largest absolute Gasteiger partial charge is 0.413 e. The third kappa shape index (κ3) is 4.14. The molecule has 150 valence electrons. The van der Waals surface area contributed by atoms with E-state index >= 15 is 0 Å². The minimum Gasteiger partial charge on any atom is -0.413 e. The Labute approximate surface area is 164 Å². The zero-order valence-electron chi connectivity index (χ0n) is 14.9. The lowest BCUT2D eigenvalue weighted by molar-refractivity contribution is 0.116. The molecule has 0 saturated carbocycles. The van der Waals surface area contributed by atoms with Crippen LogP contribution in [0.15, 0.2) is 34.7 Å². The van der Waals surface area contributed by atoms with E-state index in [4.69, 9.17) is 16.0 Å². The van der Waals surface area contributed by atoms with E-state index in [1.807, 2.05) is 0 Å². The van der Waals surface area contributed by atoms with E-state index < -0.39 is 22.3 Å². The van der Waals surface area contributed by atoms with E-state index in [0.29, 0.717) is 16.4 Å². The summed E-state index contributed by atoms with van der Waals surface area (Å²) in [6, 6.07) is 7.96. The molecule has 0 N–H and O–H groups in total. The number of aromatic nitrogens is 4. The fourth-order valence-corrected chi connectivity index (χ4v) is 3.73. The number of benzene rings is 1. The minimum atomic E-state index is -3.62. The lowest BCUT2D eigenvalue weighted by Gasteiger charge is -2.24. The molecule has 28 heavy (non-hydrogen) atoms. The van der Waals surface area contributed by atoms with Crippen LogP contribution in [0.1, 0.15) is 24.9 Å². The van der Waals surface area contributed by atoms with Crippen molar-refractivity contribution < 1.29 is 21.6 Å². The topological polar surface area (TPSA) is 94.1 Å². The van der Waals surface area contributed by atoms with Crippen LogP contribution in [0.2, 0.25) is 5.02 Å². The van der Waals surface area contributed by atoms with E-state index in [1.165, 1.54) is 22.0 Å². The lowest BCUT2D eigenvalue weighted by atomic mass is 10.3. The number of rotatable bonds is 7. The van der Waals surface area contributed by atoms with E-state index in [9.17, 15) is 17.2 Å². The van der Waals surface area contributed by atoms with Gasteiger partial charge in [-0.1, -0.05) is 17.7 Å². The molecule has 0 aliphatic heterocycles. The molecule has 0 aliphatic rings. The molecule has 0 fully saturated rings. The number of sulfonamides is 1. The third-order valence-corrected chi connectivity index (χ3v) is 5.90. The van der Waals surface area contributed by atoms with E-state index in [1.54, 1.807) is 31.3 Å². The zero-order chi connectivity index (χ0) is 20.5. The maximum atomic E-state index is 12.6. The molecule has 12 heteroatoms. The second kappa shape index (κ2) is 7.84. The van der Waals surface area contributed by atoms with Crippen molar-refractivity contribution in [2.45, 2.75) is 19.9 Å². The molecule has 0 aliphatic carbocycles. The van der Waals surface area contributed by atoms with Gasteiger partial charge < -0.3 is 4.42 Å². The van der Waals surface area contributed by atoms with Gasteiger partial charge in [-0.05, 0) is 31.2 Å². The van der Waals surface area contributed by atoms with Crippen LogP contribution in [0.3, 0.4) is 0 Å². The maximum absolute atomic E-state index is 12.6. The van der Waals surface area contributed by atoms with Crippen LogP contribution in [0.4, 0.5) is 14.5 Å². The molecule has 8 nitrogen and oxygen atoms in total. The van der Waals surface area contributed by atoms with Gasteiger partial charge in [-0.15, -0.1) is 10.2 Å². The summed E-state index contributed by atoms with van der Waals surface area (Å²) in [6.45, 7) is 1.49. The first-order chi connectivity index (χ1) is 13.2. The van der Waals surface area contributed by atoms with Gasteiger partial charge in [0, 0.05) is 12.1 Å². The zero-order valence-corrected chi connectivity index (χ0v) is 16.5. The first kappa shape index (κ1) is 20.2.